The van der Waals surface area contributed by atoms with Gasteiger partial charge in [-0.1, -0.05) is 48.6 Å². The van der Waals surface area contributed by atoms with E-state index in [0.29, 0.717) is 17.3 Å². The number of carbonyl (C=O) groups is 1. The van der Waals surface area contributed by atoms with Gasteiger partial charge in [0.15, 0.2) is 7.38 Å². The smallest absolute Gasteiger partial charge is 0.218 e. The fraction of sp³-hybridized carbons (Fsp3) is 0.357. The zero-order valence-electron chi connectivity index (χ0n) is 10.7. The normalized spacial score (nSPS) is 19.1. The van der Waals surface area contributed by atoms with Crippen molar-refractivity contribution in [1.82, 2.24) is 4.90 Å². The minimum absolute atomic E-state index is 0.0736. The van der Waals surface area contributed by atoms with Crippen molar-refractivity contribution in [3.8, 4) is 0 Å². The number of carbonyl (C=O) groups excluding carboxylic acids is 1. The minimum Gasteiger partial charge on any atom is -0.347 e. The van der Waals surface area contributed by atoms with Gasteiger partial charge in [-0.25, -0.2) is 0 Å². The van der Waals surface area contributed by atoms with E-state index in [9.17, 15) is 4.79 Å². The van der Waals surface area contributed by atoms with Crippen molar-refractivity contribution in [3.05, 3.63) is 48.6 Å². The summed E-state index contributed by atoms with van der Waals surface area (Å²) in [5.41, 5.74) is 0.580. The van der Waals surface area contributed by atoms with E-state index in [4.69, 9.17) is 11.1 Å². The van der Waals surface area contributed by atoms with Crippen molar-refractivity contribution in [2.75, 3.05) is 13.2 Å². The summed E-state index contributed by atoms with van der Waals surface area (Å²) in [5.74, 6) is 0.0736. The first-order chi connectivity index (χ1) is 8.54. The van der Waals surface area contributed by atoms with Crippen LogP contribution in [-0.4, -0.2) is 31.4 Å². The molecular formula is C14H18ClNOSi. The summed E-state index contributed by atoms with van der Waals surface area (Å²) in [4.78, 5) is 13.2. The van der Waals surface area contributed by atoms with E-state index in [-0.39, 0.29) is 5.91 Å². The van der Waals surface area contributed by atoms with Gasteiger partial charge in [-0.05, 0) is 0 Å². The van der Waals surface area contributed by atoms with Crippen LogP contribution in [0.2, 0.25) is 11.1 Å². The highest BCUT2D eigenvalue weighted by molar-refractivity contribution is 7.23. The second-order valence-corrected chi connectivity index (χ2v) is 10.5. The number of halogens is 1. The molecule has 0 bridgehead atoms. The van der Waals surface area contributed by atoms with Crippen LogP contribution >= 0.6 is 11.1 Å². The lowest BCUT2D eigenvalue weighted by atomic mass is 10.4. The maximum atomic E-state index is 11.5. The Morgan fingerprint density at radius 2 is 1.50 bits per heavy atom. The first-order valence-electron chi connectivity index (χ1n) is 6.14. The first-order valence-corrected chi connectivity index (χ1v) is 9.52. The van der Waals surface area contributed by atoms with Gasteiger partial charge in [0, 0.05) is 31.2 Å². The maximum absolute atomic E-state index is 11.5. The summed E-state index contributed by atoms with van der Waals surface area (Å²) in [6.07, 6.45) is 17.5. The minimum atomic E-state index is -2.18. The molecule has 2 rings (SSSR count). The van der Waals surface area contributed by atoms with Crippen molar-refractivity contribution in [1.29, 1.82) is 0 Å². The van der Waals surface area contributed by atoms with E-state index in [1.54, 1.807) is 11.8 Å². The van der Waals surface area contributed by atoms with E-state index >= 15 is 0 Å². The molecule has 0 saturated heterocycles. The van der Waals surface area contributed by atoms with Gasteiger partial charge in [-0.2, -0.15) is 11.1 Å². The summed E-state index contributed by atoms with van der Waals surface area (Å²) in [6.45, 7) is 1.59. The highest BCUT2D eigenvalue weighted by atomic mass is 35.6. The van der Waals surface area contributed by atoms with Crippen LogP contribution in [-0.2, 0) is 4.79 Å². The molecule has 1 amide bonds. The molecule has 4 heteroatoms. The van der Waals surface area contributed by atoms with Crippen LogP contribution in [0, 0.1) is 0 Å². The molecule has 0 aromatic heterocycles. The molecule has 0 aromatic carbocycles. The molecule has 0 radical (unpaired) electrons. The lowest BCUT2D eigenvalue weighted by Gasteiger charge is -2.36. The first kappa shape index (κ1) is 13.4. The van der Waals surface area contributed by atoms with Crippen LogP contribution in [0.4, 0.5) is 0 Å². The average molecular weight is 280 g/mol. The summed E-state index contributed by atoms with van der Waals surface area (Å²) >= 11 is 7.03. The zero-order valence-corrected chi connectivity index (χ0v) is 12.5. The largest absolute Gasteiger partial charge is 0.347 e. The second kappa shape index (κ2) is 5.29. The molecule has 0 unspecified atom stereocenters. The molecule has 96 valence electrons. The van der Waals surface area contributed by atoms with Gasteiger partial charge in [0.25, 0.3) is 0 Å². The van der Waals surface area contributed by atoms with Crippen LogP contribution in [0.5, 0.6) is 0 Å². The average Bonchev–Trinajstić information content (AvgIpc) is 3.02. The maximum Gasteiger partial charge on any atom is 0.218 e. The summed E-state index contributed by atoms with van der Waals surface area (Å²) in [5, 5.41) is 0. The van der Waals surface area contributed by atoms with E-state index in [0.717, 1.165) is 0 Å². The number of hydrogen-bond donors (Lipinski definition) is 0. The van der Waals surface area contributed by atoms with Gasteiger partial charge in [0.2, 0.25) is 5.91 Å². The molecular weight excluding hydrogens is 262 g/mol. The summed E-state index contributed by atoms with van der Waals surface area (Å²) in [7, 11) is -0.348. The third kappa shape index (κ3) is 2.52. The van der Waals surface area contributed by atoms with Crippen LogP contribution < -0.4 is 0 Å². The van der Waals surface area contributed by atoms with E-state index in [1.807, 2.05) is 31.4 Å². The molecule has 0 aliphatic heterocycles. The Kier molecular flexibility index (Phi) is 3.93. The van der Waals surface area contributed by atoms with E-state index < -0.39 is 7.38 Å². The summed E-state index contributed by atoms with van der Waals surface area (Å²) < 4.78 is 0. The SMILES string of the molecule is CC(=O)N(C)C[Si](Cl)(C1C=CC=C1)C1C=CC=C1. The second-order valence-electron chi connectivity index (χ2n) is 4.89. The Morgan fingerprint density at radius 1 is 1.11 bits per heavy atom. The lowest BCUT2D eigenvalue weighted by Crippen LogP contribution is -2.48. The van der Waals surface area contributed by atoms with Gasteiger partial charge < -0.3 is 4.90 Å². The van der Waals surface area contributed by atoms with Gasteiger partial charge >= 0.3 is 0 Å². The standard InChI is InChI=1S/C14H18ClNOSi/c1-12(17)16(2)11-18(15,13-7-3-4-8-13)14-9-5-6-10-14/h3-10,13-14H,11H2,1-2H3. The van der Waals surface area contributed by atoms with Crippen molar-refractivity contribution >= 4 is 24.4 Å². The van der Waals surface area contributed by atoms with Gasteiger partial charge in [0.1, 0.15) is 0 Å². The zero-order chi connectivity index (χ0) is 13.2. The molecule has 2 aliphatic carbocycles. The molecule has 0 N–H and O–H groups in total. The fourth-order valence-electron chi connectivity index (χ4n) is 2.41. The molecule has 0 aromatic rings. The lowest BCUT2D eigenvalue weighted by molar-refractivity contribution is -0.126. The fourth-order valence-corrected chi connectivity index (χ4v) is 7.36. The molecule has 0 saturated carbocycles. The van der Waals surface area contributed by atoms with Gasteiger partial charge in [-0.3, -0.25) is 4.79 Å². The van der Waals surface area contributed by atoms with Crippen LogP contribution in [0.15, 0.2) is 48.6 Å². The number of nitrogens with zero attached hydrogens (tertiary/aromatic N) is 1. The number of amides is 1. The predicted molar refractivity (Wildman–Crippen MR) is 79.0 cm³/mol. The Bertz CT molecular complexity index is 401. The topological polar surface area (TPSA) is 20.3 Å². The third-order valence-corrected chi connectivity index (χ3v) is 9.44. The molecule has 2 nitrogen and oxygen atoms in total. The molecule has 0 fully saturated rings. The van der Waals surface area contributed by atoms with Crippen molar-refractivity contribution < 1.29 is 4.79 Å². The Hall–Kier alpha value is -1.06. The molecule has 0 atom stereocenters. The van der Waals surface area contributed by atoms with E-state index in [2.05, 4.69) is 24.3 Å². The number of hydrogen-bond acceptors (Lipinski definition) is 1. The van der Waals surface area contributed by atoms with Crippen molar-refractivity contribution in [2.24, 2.45) is 0 Å². The molecule has 18 heavy (non-hydrogen) atoms. The Balaban J connectivity index is 2.24. The van der Waals surface area contributed by atoms with Gasteiger partial charge in [0.05, 0.1) is 0 Å². The highest BCUT2D eigenvalue weighted by Crippen LogP contribution is 2.43. The van der Waals surface area contributed by atoms with Crippen LogP contribution in [0.1, 0.15) is 6.92 Å². The monoisotopic (exact) mass is 279 g/mol. The van der Waals surface area contributed by atoms with Crippen LogP contribution in [0.25, 0.3) is 0 Å². The molecule has 0 spiro atoms. The third-order valence-electron chi connectivity index (χ3n) is 3.62. The number of allylic oxidation sites excluding steroid dienone is 8. The summed E-state index contributed by atoms with van der Waals surface area (Å²) in [6, 6.07) is 0. The Labute approximate surface area is 114 Å². The van der Waals surface area contributed by atoms with Gasteiger partial charge in [-0.15, -0.1) is 0 Å². The van der Waals surface area contributed by atoms with E-state index in [1.165, 1.54) is 0 Å². The molecule has 2 aliphatic rings. The molecule has 0 heterocycles. The number of rotatable bonds is 4. The quantitative estimate of drug-likeness (QED) is 0.572. The Morgan fingerprint density at radius 3 is 1.83 bits per heavy atom. The van der Waals surface area contributed by atoms with Crippen molar-refractivity contribution in [2.45, 2.75) is 18.0 Å². The highest BCUT2D eigenvalue weighted by Gasteiger charge is 2.45. The van der Waals surface area contributed by atoms with Crippen molar-refractivity contribution in [3.63, 3.8) is 0 Å². The van der Waals surface area contributed by atoms with Crippen LogP contribution in [0.3, 0.4) is 0 Å². The predicted octanol–water partition coefficient (Wildman–Crippen LogP) is 3.18.